The van der Waals surface area contributed by atoms with Crippen molar-refractivity contribution in [2.24, 2.45) is 5.41 Å². The first-order valence-electron chi connectivity index (χ1n) is 12.2. The molecule has 1 amide bonds. The normalized spacial score (nSPS) is 29.4. The molecule has 11 heteroatoms. The first-order valence-corrected chi connectivity index (χ1v) is 12.7. The summed E-state index contributed by atoms with van der Waals surface area (Å²) in [6, 6.07) is 7.68. The number of hydrogen-bond donors (Lipinski definition) is 3. The summed E-state index contributed by atoms with van der Waals surface area (Å²) < 4.78 is 56.6. The third-order valence-electron chi connectivity index (χ3n) is 8.25. The van der Waals surface area contributed by atoms with Gasteiger partial charge in [-0.25, -0.2) is 4.39 Å². The van der Waals surface area contributed by atoms with Crippen LogP contribution in [0.25, 0.3) is 0 Å². The summed E-state index contributed by atoms with van der Waals surface area (Å²) in [6.45, 7) is 6.14. The van der Waals surface area contributed by atoms with Gasteiger partial charge in [0.2, 0.25) is 0 Å². The molecule has 2 aromatic carbocycles. The van der Waals surface area contributed by atoms with Crippen molar-refractivity contribution in [3.63, 3.8) is 0 Å². The van der Waals surface area contributed by atoms with E-state index >= 15 is 4.39 Å². The molecule has 2 fully saturated rings. The van der Waals surface area contributed by atoms with Crippen molar-refractivity contribution in [2.45, 2.75) is 68.9 Å². The summed E-state index contributed by atoms with van der Waals surface area (Å²) in [5, 5.41) is 23.6. The highest BCUT2D eigenvalue weighted by atomic mass is 32.1. The maximum atomic E-state index is 15.3. The lowest BCUT2D eigenvalue weighted by molar-refractivity contribution is -0.137. The van der Waals surface area contributed by atoms with Crippen LogP contribution in [0, 0.1) is 22.6 Å². The molecule has 1 aliphatic carbocycles. The molecule has 2 N–H and O–H groups in total. The Hall–Kier alpha value is -2.97. The molecule has 0 aromatic heterocycles. The Bertz CT molecular complexity index is 1390. The number of nitrogens with zero attached hydrogens (tertiary/aromatic N) is 3. The maximum absolute atomic E-state index is 15.3. The number of anilines is 2. The van der Waals surface area contributed by atoms with E-state index in [0.29, 0.717) is 24.9 Å². The predicted molar refractivity (Wildman–Crippen MR) is 137 cm³/mol. The van der Waals surface area contributed by atoms with Gasteiger partial charge in [0.15, 0.2) is 11.7 Å². The number of aliphatic hydroxyl groups is 1. The molecule has 2 heterocycles. The number of nitriles is 1. The lowest BCUT2D eigenvalue weighted by Gasteiger charge is -2.60. The van der Waals surface area contributed by atoms with Crippen molar-refractivity contribution >= 4 is 29.9 Å². The summed E-state index contributed by atoms with van der Waals surface area (Å²) in [7, 11) is 1.42. The first kappa shape index (κ1) is 26.6. The van der Waals surface area contributed by atoms with E-state index in [4.69, 9.17) is 12.6 Å². The van der Waals surface area contributed by atoms with E-state index in [0.717, 1.165) is 17.7 Å². The van der Waals surface area contributed by atoms with Crippen LogP contribution in [0.2, 0.25) is 0 Å². The monoisotopic (exact) mass is 548 g/mol. The van der Waals surface area contributed by atoms with E-state index in [1.54, 1.807) is 17.0 Å². The summed E-state index contributed by atoms with van der Waals surface area (Å²) in [6.07, 6.45) is -4.47. The molecule has 0 radical (unpaired) electrons. The Morgan fingerprint density at radius 2 is 1.87 bits per heavy atom. The van der Waals surface area contributed by atoms with E-state index in [-0.39, 0.29) is 16.7 Å². The van der Waals surface area contributed by atoms with Gasteiger partial charge in [-0.3, -0.25) is 4.79 Å². The molecule has 5 rings (SSSR count). The van der Waals surface area contributed by atoms with Crippen LogP contribution in [0.4, 0.5) is 28.9 Å². The van der Waals surface area contributed by atoms with Crippen LogP contribution in [0.1, 0.15) is 67.1 Å². The van der Waals surface area contributed by atoms with Gasteiger partial charge in [0.05, 0.1) is 28.3 Å². The van der Waals surface area contributed by atoms with Crippen molar-refractivity contribution in [1.82, 2.24) is 5.32 Å². The zero-order chi connectivity index (χ0) is 28.0. The van der Waals surface area contributed by atoms with Crippen molar-refractivity contribution in [1.29, 1.82) is 5.26 Å². The van der Waals surface area contributed by atoms with E-state index in [1.807, 2.05) is 6.92 Å². The van der Waals surface area contributed by atoms with Crippen LogP contribution in [0.15, 0.2) is 30.3 Å². The van der Waals surface area contributed by atoms with E-state index < -0.39 is 51.7 Å². The van der Waals surface area contributed by atoms with E-state index in [2.05, 4.69) is 19.2 Å². The molecule has 1 saturated carbocycles. The minimum absolute atomic E-state index is 0.0432. The highest BCUT2D eigenvalue weighted by molar-refractivity contribution is 7.81. The average molecular weight is 549 g/mol. The van der Waals surface area contributed by atoms with Crippen LogP contribution in [-0.2, 0) is 11.6 Å². The topological polar surface area (TPSA) is 79.6 Å². The Morgan fingerprint density at radius 3 is 2.47 bits per heavy atom. The number of rotatable bonds is 2. The molecule has 2 bridgehead atoms. The van der Waals surface area contributed by atoms with Gasteiger partial charge in [0, 0.05) is 18.4 Å². The van der Waals surface area contributed by atoms with Gasteiger partial charge < -0.3 is 20.2 Å². The predicted octanol–water partition coefficient (Wildman–Crippen LogP) is 5.15. The molecule has 4 unspecified atom stereocenters. The molecule has 202 valence electrons. The largest absolute Gasteiger partial charge is 0.417 e. The molecule has 4 atom stereocenters. The van der Waals surface area contributed by atoms with Crippen LogP contribution in [0.5, 0.6) is 0 Å². The quantitative estimate of drug-likeness (QED) is 0.357. The molecule has 38 heavy (non-hydrogen) atoms. The van der Waals surface area contributed by atoms with Gasteiger partial charge in [-0.05, 0) is 66.0 Å². The lowest BCUT2D eigenvalue weighted by atomic mass is 9.53. The fraction of sp³-hybridized carbons (Fsp3) is 0.481. The molecule has 1 saturated heterocycles. The third-order valence-corrected chi connectivity index (χ3v) is 8.73. The Morgan fingerprint density at radius 1 is 1.18 bits per heavy atom. The number of benzene rings is 2. The number of amides is 1. The number of halogens is 4. The third kappa shape index (κ3) is 3.67. The first-order chi connectivity index (χ1) is 17.6. The minimum atomic E-state index is -4.78. The summed E-state index contributed by atoms with van der Waals surface area (Å²) in [5.41, 5.74) is -3.34. The fourth-order valence-corrected chi connectivity index (χ4v) is 7.99. The summed E-state index contributed by atoms with van der Waals surface area (Å²) >= 11 is 4.77. The van der Waals surface area contributed by atoms with Gasteiger partial charge >= 0.3 is 6.18 Å². The highest BCUT2D eigenvalue weighted by Crippen LogP contribution is 2.64. The number of carbonyl (C=O) groups excluding carboxylic acids is 1. The number of fused-ring (bicyclic) bond motifs is 4. The Kier molecular flexibility index (Phi) is 5.79. The maximum Gasteiger partial charge on any atom is 0.417 e. The number of aliphatic hydroxyl groups excluding tert-OH is 1. The Balaban J connectivity index is 1.73. The number of carbonyl (C=O) groups is 1. The standard InChI is InChI=1S/C27H28F4N4O2S/c1-24(2)11-25(3)13-26(12-24)22(37)34(15-6-5-14(10-32)17(7-15)27(29,30)31)23(38)35(26)20-9-19(28)16(8-18(20)25)21(36)33-4/h5-9,22-23,37-38H,11-13H2,1-4H3,(H,33,36). The highest BCUT2D eigenvalue weighted by Gasteiger charge is 2.66. The molecule has 2 aromatic rings. The van der Waals surface area contributed by atoms with Crippen molar-refractivity contribution in [3.8, 4) is 6.07 Å². The summed E-state index contributed by atoms with van der Waals surface area (Å²) in [5.74, 6) is -1.31. The minimum Gasteiger partial charge on any atom is -0.371 e. The number of nitrogens with one attached hydrogen (secondary N) is 1. The zero-order valence-electron chi connectivity index (χ0n) is 21.3. The molecule has 1 spiro atoms. The van der Waals surface area contributed by atoms with Crippen molar-refractivity contribution in [3.05, 3.63) is 58.4 Å². The average Bonchev–Trinajstić information content (AvgIpc) is 3.00. The van der Waals surface area contributed by atoms with Crippen LogP contribution in [0.3, 0.4) is 0 Å². The molecule has 2 aliphatic heterocycles. The smallest absolute Gasteiger partial charge is 0.371 e. The number of hydrogen-bond acceptors (Lipinski definition) is 6. The molecular formula is C27H28F4N4O2S. The van der Waals surface area contributed by atoms with Gasteiger partial charge in [-0.1, -0.05) is 20.8 Å². The number of thiol groups is 1. The van der Waals surface area contributed by atoms with Gasteiger partial charge in [-0.15, -0.1) is 12.6 Å². The number of alkyl halides is 3. The van der Waals surface area contributed by atoms with Crippen LogP contribution >= 0.6 is 12.6 Å². The van der Waals surface area contributed by atoms with Crippen molar-refractivity contribution < 1.29 is 27.5 Å². The van der Waals surface area contributed by atoms with Crippen LogP contribution < -0.4 is 15.1 Å². The molecule has 6 nitrogen and oxygen atoms in total. The SMILES string of the molecule is CNC(=O)c1cc2c(cc1F)N1C(S)N(c3ccc(C#N)c(C(F)(F)F)c3)C(O)C13CC(C)(C)CC2(C)C3. The van der Waals surface area contributed by atoms with E-state index in [9.17, 15) is 28.3 Å². The van der Waals surface area contributed by atoms with Crippen LogP contribution in [-0.4, -0.2) is 35.3 Å². The van der Waals surface area contributed by atoms with Gasteiger partial charge in [0.25, 0.3) is 5.91 Å². The summed E-state index contributed by atoms with van der Waals surface area (Å²) in [4.78, 5) is 15.6. The molecular weight excluding hydrogens is 520 g/mol. The van der Waals surface area contributed by atoms with Gasteiger partial charge in [0.1, 0.15) is 5.82 Å². The second kappa shape index (κ2) is 8.26. The van der Waals surface area contributed by atoms with Gasteiger partial charge in [-0.2, -0.15) is 18.4 Å². The lowest BCUT2D eigenvalue weighted by Crippen LogP contribution is -2.64. The Labute approximate surface area is 223 Å². The second-order valence-corrected chi connectivity index (χ2v) is 12.1. The van der Waals surface area contributed by atoms with Crippen molar-refractivity contribution in [2.75, 3.05) is 16.8 Å². The fourth-order valence-electron chi connectivity index (χ4n) is 7.37. The zero-order valence-corrected chi connectivity index (χ0v) is 22.2. The second-order valence-electron chi connectivity index (χ2n) is 11.6. The molecule has 3 aliphatic rings. The van der Waals surface area contributed by atoms with E-state index in [1.165, 1.54) is 24.1 Å².